The Hall–Kier alpha value is -1.33. The third-order valence-corrected chi connectivity index (χ3v) is 3.42. The van der Waals surface area contributed by atoms with Crippen LogP contribution in [0.4, 0.5) is 0 Å². The van der Waals surface area contributed by atoms with Gasteiger partial charge >= 0.3 is 5.97 Å². The van der Waals surface area contributed by atoms with Gasteiger partial charge in [0.2, 0.25) is 0 Å². The molecule has 2 heterocycles. The van der Waals surface area contributed by atoms with E-state index in [0.717, 1.165) is 26.0 Å². The first-order chi connectivity index (χ1) is 8.72. The van der Waals surface area contributed by atoms with E-state index < -0.39 is 5.97 Å². The van der Waals surface area contributed by atoms with Crippen LogP contribution in [-0.2, 0) is 11.3 Å². The van der Waals surface area contributed by atoms with Crippen LogP contribution in [0.2, 0.25) is 0 Å². The minimum Gasteiger partial charge on any atom is -0.478 e. The molecule has 100 valence electrons. The van der Waals surface area contributed by atoms with Gasteiger partial charge in [0, 0.05) is 13.2 Å². The molecule has 2 unspecified atom stereocenters. The molecule has 0 amide bonds. The lowest BCUT2D eigenvalue weighted by atomic mass is 10.00. The SMILES string of the molecule is CCC1OCCC1CNCc1occc1C(=O)O. The van der Waals surface area contributed by atoms with Crippen molar-refractivity contribution in [2.75, 3.05) is 13.2 Å². The molecule has 1 aromatic rings. The van der Waals surface area contributed by atoms with Gasteiger partial charge in [-0.05, 0) is 24.8 Å². The number of furan rings is 1. The molecule has 1 aliphatic rings. The molecule has 1 aliphatic heterocycles. The van der Waals surface area contributed by atoms with Gasteiger partial charge in [-0.25, -0.2) is 4.79 Å². The van der Waals surface area contributed by atoms with Crippen molar-refractivity contribution < 1.29 is 19.1 Å². The molecule has 0 spiro atoms. The number of hydrogen-bond acceptors (Lipinski definition) is 4. The summed E-state index contributed by atoms with van der Waals surface area (Å²) in [5.41, 5.74) is 0.234. The Labute approximate surface area is 106 Å². The maximum absolute atomic E-state index is 10.9. The number of carbonyl (C=O) groups is 1. The zero-order valence-corrected chi connectivity index (χ0v) is 10.5. The molecule has 2 rings (SSSR count). The van der Waals surface area contributed by atoms with Crippen molar-refractivity contribution in [1.82, 2.24) is 5.32 Å². The molecular formula is C13H19NO4. The van der Waals surface area contributed by atoms with Crippen LogP contribution in [-0.4, -0.2) is 30.3 Å². The number of carboxylic acids is 1. The highest BCUT2D eigenvalue weighted by atomic mass is 16.5. The van der Waals surface area contributed by atoms with E-state index in [9.17, 15) is 4.79 Å². The van der Waals surface area contributed by atoms with Crippen LogP contribution in [0.25, 0.3) is 0 Å². The number of ether oxygens (including phenoxy) is 1. The average molecular weight is 253 g/mol. The lowest BCUT2D eigenvalue weighted by Gasteiger charge is -2.16. The van der Waals surface area contributed by atoms with Gasteiger partial charge in [0.1, 0.15) is 11.3 Å². The largest absolute Gasteiger partial charge is 0.478 e. The second-order valence-electron chi connectivity index (χ2n) is 4.56. The lowest BCUT2D eigenvalue weighted by Crippen LogP contribution is -2.28. The summed E-state index contributed by atoms with van der Waals surface area (Å²) in [6, 6.07) is 1.48. The van der Waals surface area contributed by atoms with E-state index in [-0.39, 0.29) is 5.56 Å². The predicted octanol–water partition coefficient (Wildman–Crippen LogP) is 1.88. The van der Waals surface area contributed by atoms with Gasteiger partial charge in [0.25, 0.3) is 0 Å². The van der Waals surface area contributed by atoms with Crippen molar-refractivity contribution in [3.05, 3.63) is 23.7 Å². The zero-order chi connectivity index (χ0) is 13.0. The summed E-state index contributed by atoms with van der Waals surface area (Å²) in [6.07, 6.45) is 3.82. The number of hydrogen-bond donors (Lipinski definition) is 2. The zero-order valence-electron chi connectivity index (χ0n) is 10.5. The van der Waals surface area contributed by atoms with Crippen LogP contribution in [0, 0.1) is 5.92 Å². The Morgan fingerprint density at radius 3 is 3.17 bits per heavy atom. The first-order valence-corrected chi connectivity index (χ1v) is 6.34. The van der Waals surface area contributed by atoms with E-state index in [2.05, 4.69) is 12.2 Å². The Kier molecular flexibility index (Phi) is 4.38. The molecule has 5 heteroatoms. The van der Waals surface area contributed by atoms with Crippen molar-refractivity contribution in [1.29, 1.82) is 0 Å². The van der Waals surface area contributed by atoms with Crippen LogP contribution in [0.3, 0.4) is 0 Å². The molecule has 1 saturated heterocycles. The molecule has 0 aliphatic carbocycles. The van der Waals surface area contributed by atoms with Crippen LogP contribution in [0.1, 0.15) is 35.9 Å². The van der Waals surface area contributed by atoms with Crippen molar-refractivity contribution >= 4 is 5.97 Å². The van der Waals surface area contributed by atoms with Crippen molar-refractivity contribution in [3.8, 4) is 0 Å². The molecular weight excluding hydrogens is 234 g/mol. The van der Waals surface area contributed by atoms with Crippen molar-refractivity contribution in [3.63, 3.8) is 0 Å². The standard InChI is InChI=1S/C13H19NO4/c1-2-11-9(3-5-17-11)7-14-8-12-10(13(15)16)4-6-18-12/h4,6,9,11,14H,2-3,5,7-8H2,1H3,(H,15,16). The fourth-order valence-corrected chi connectivity index (χ4v) is 2.42. The van der Waals surface area contributed by atoms with Gasteiger partial charge in [-0.3, -0.25) is 0 Å². The van der Waals surface area contributed by atoms with Crippen LogP contribution in [0.15, 0.2) is 16.7 Å². The predicted molar refractivity (Wildman–Crippen MR) is 65.5 cm³/mol. The van der Waals surface area contributed by atoms with Crippen molar-refractivity contribution in [2.24, 2.45) is 5.92 Å². The topological polar surface area (TPSA) is 71.7 Å². The van der Waals surface area contributed by atoms with Gasteiger partial charge in [-0.15, -0.1) is 0 Å². The van der Waals surface area contributed by atoms with Gasteiger partial charge in [0.05, 0.1) is 18.9 Å². The summed E-state index contributed by atoms with van der Waals surface area (Å²) >= 11 is 0. The van der Waals surface area contributed by atoms with E-state index in [4.69, 9.17) is 14.3 Å². The molecule has 1 aromatic heterocycles. The van der Waals surface area contributed by atoms with E-state index in [0.29, 0.717) is 24.3 Å². The monoisotopic (exact) mass is 253 g/mol. The normalized spacial score (nSPS) is 23.4. The second kappa shape index (κ2) is 6.02. The Morgan fingerprint density at radius 2 is 2.44 bits per heavy atom. The van der Waals surface area contributed by atoms with Gasteiger partial charge in [-0.2, -0.15) is 0 Å². The Balaban J connectivity index is 1.81. The summed E-state index contributed by atoms with van der Waals surface area (Å²) in [7, 11) is 0. The number of aromatic carboxylic acids is 1. The van der Waals surface area contributed by atoms with Gasteiger partial charge in [0.15, 0.2) is 0 Å². The molecule has 5 nitrogen and oxygen atoms in total. The summed E-state index contributed by atoms with van der Waals surface area (Å²) < 4.78 is 10.8. The number of carboxylic acid groups (broad SMARTS) is 1. The average Bonchev–Trinajstić information content (AvgIpc) is 2.97. The van der Waals surface area contributed by atoms with Crippen LogP contribution < -0.4 is 5.32 Å². The third-order valence-electron chi connectivity index (χ3n) is 3.42. The van der Waals surface area contributed by atoms with E-state index in [1.165, 1.54) is 12.3 Å². The first-order valence-electron chi connectivity index (χ1n) is 6.34. The summed E-state index contributed by atoms with van der Waals surface area (Å²) in [5, 5.41) is 12.2. The van der Waals surface area contributed by atoms with E-state index >= 15 is 0 Å². The van der Waals surface area contributed by atoms with Crippen molar-refractivity contribution in [2.45, 2.75) is 32.4 Å². The Morgan fingerprint density at radius 1 is 1.61 bits per heavy atom. The molecule has 2 N–H and O–H groups in total. The maximum Gasteiger partial charge on any atom is 0.339 e. The second-order valence-corrected chi connectivity index (χ2v) is 4.56. The third kappa shape index (κ3) is 2.91. The minimum atomic E-state index is -0.948. The summed E-state index contributed by atoms with van der Waals surface area (Å²) in [5.74, 6) is 0.0453. The molecule has 1 fully saturated rings. The Bertz CT molecular complexity index is 401. The molecule has 0 aromatic carbocycles. The first kappa shape index (κ1) is 13.1. The quantitative estimate of drug-likeness (QED) is 0.810. The summed E-state index contributed by atoms with van der Waals surface area (Å²) in [6.45, 7) is 4.23. The fourth-order valence-electron chi connectivity index (χ4n) is 2.42. The maximum atomic E-state index is 10.9. The smallest absolute Gasteiger partial charge is 0.339 e. The molecule has 0 saturated carbocycles. The highest BCUT2D eigenvalue weighted by molar-refractivity contribution is 5.88. The lowest BCUT2D eigenvalue weighted by molar-refractivity contribution is 0.0693. The van der Waals surface area contributed by atoms with Gasteiger partial charge < -0.3 is 19.6 Å². The van der Waals surface area contributed by atoms with Gasteiger partial charge in [-0.1, -0.05) is 6.92 Å². The molecule has 0 radical (unpaired) electrons. The van der Waals surface area contributed by atoms with Crippen LogP contribution >= 0.6 is 0 Å². The van der Waals surface area contributed by atoms with Crippen LogP contribution in [0.5, 0.6) is 0 Å². The van der Waals surface area contributed by atoms with E-state index in [1.54, 1.807) is 0 Å². The van der Waals surface area contributed by atoms with E-state index in [1.807, 2.05) is 0 Å². The number of nitrogens with one attached hydrogen (secondary N) is 1. The molecule has 0 bridgehead atoms. The minimum absolute atomic E-state index is 0.234. The highest BCUT2D eigenvalue weighted by Gasteiger charge is 2.26. The number of rotatable bonds is 6. The highest BCUT2D eigenvalue weighted by Crippen LogP contribution is 2.22. The summed E-state index contributed by atoms with van der Waals surface area (Å²) in [4.78, 5) is 10.9. The molecule has 2 atom stereocenters. The molecule has 18 heavy (non-hydrogen) atoms. The fraction of sp³-hybridized carbons (Fsp3) is 0.615.